The smallest absolute Gasteiger partial charge is 0.220 e. The number of hydrogen-bond acceptors (Lipinski definition) is 3. The van der Waals surface area contributed by atoms with Gasteiger partial charge in [-0.1, -0.05) is 239 Å². The molecule has 0 aliphatic rings. The van der Waals surface area contributed by atoms with Crippen LogP contribution in [-0.4, -0.2) is 29.4 Å². The van der Waals surface area contributed by atoms with Crippen LogP contribution in [0.25, 0.3) is 0 Å². The molecule has 0 saturated carbocycles. The SMILES string of the molecule is CCCCCCCCCCCCCCCC[C@@H](CO)NC(=O)CCCCCCCCCCCCCCCC(=O)CCCCCCCCCCCCC. The summed E-state index contributed by atoms with van der Waals surface area (Å²) in [5.74, 6) is 0.621. The highest BCUT2D eigenvalue weighted by Gasteiger charge is 2.11. The fourth-order valence-corrected chi connectivity index (χ4v) is 7.76. The summed E-state index contributed by atoms with van der Waals surface area (Å²) in [6, 6.07) is -0.0667. The average Bonchev–Trinajstić information content (AvgIpc) is 3.15. The van der Waals surface area contributed by atoms with Crippen molar-refractivity contribution in [1.29, 1.82) is 0 Å². The molecule has 0 unspecified atom stereocenters. The minimum atomic E-state index is -0.0667. The summed E-state index contributed by atoms with van der Waals surface area (Å²) >= 11 is 0. The summed E-state index contributed by atoms with van der Waals surface area (Å²) in [7, 11) is 0. The summed E-state index contributed by atoms with van der Waals surface area (Å²) in [6.45, 7) is 4.62. The number of unbranched alkanes of at least 4 members (excludes halogenated alkanes) is 35. The van der Waals surface area contributed by atoms with E-state index in [4.69, 9.17) is 0 Å². The van der Waals surface area contributed by atoms with E-state index in [-0.39, 0.29) is 18.6 Å². The van der Waals surface area contributed by atoms with Crippen molar-refractivity contribution in [2.45, 2.75) is 290 Å². The predicted octanol–water partition coefficient (Wildman–Crippen LogP) is 15.5. The van der Waals surface area contributed by atoms with E-state index >= 15 is 0 Å². The normalized spacial score (nSPS) is 12.1. The van der Waals surface area contributed by atoms with Crippen LogP contribution in [-0.2, 0) is 9.59 Å². The van der Waals surface area contributed by atoms with Crippen LogP contribution in [0.2, 0.25) is 0 Å². The predicted molar refractivity (Wildman–Crippen MR) is 229 cm³/mol. The lowest BCUT2D eigenvalue weighted by molar-refractivity contribution is -0.122. The first-order chi connectivity index (χ1) is 25.6. The zero-order valence-electron chi connectivity index (χ0n) is 35.7. The quantitative estimate of drug-likeness (QED) is 0.0612. The molecule has 0 aromatic carbocycles. The molecule has 1 amide bonds. The van der Waals surface area contributed by atoms with E-state index in [9.17, 15) is 14.7 Å². The van der Waals surface area contributed by atoms with Gasteiger partial charge in [0.1, 0.15) is 5.78 Å². The van der Waals surface area contributed by atoms with Crippen molar-refractivity contribution in [3.8, 4) is 0 Å². The molecule has 310 valence electrons. The lowest BCUT2D eigenvalue weighted by atomic mass is 10.0. The minimum Gasteiger partial charge on any atom is -0.394 e. The van der Waals surface area contributed by atoms with Gasteiger partial charge in [0.15, 0.2) is 0 Å². The number of hydrogen-bond donors (Lipinski definition) is 2. The Balaban J connectivity index is 3.37. The van der Waals surface area contributed by atoms with Crippen molar-refractivity contribution in [2.75, 3.05) is 6.61 Å². The third-order valence-corrected chi connectivity index (χ3v) is 11.4. The molecule has 52 heavy (non-hydrogen) atoms. The van der Waals surface area contributed by atoms with E-state index in [1.54, 1.807) is 0 Å². The Kier molecular flexibility index (Phi) is 43.7. The van der Waals surface area contributed by atoms with Gasteiger partial charge >= 0.3 is 0 Å². The Bertz CT molecular complexity index is 710. The van der Waals surface area contributed by atoms with Crippen molar-refractivity contribution >= 4 is 11.7 Å². The first kappa shape index (κ1) is 51.1. The molecule has 0 aromatic rings. The van der Waals surface area contributed by atoms with Crippen molar-refractivity contribution in [1.82, 2.24) is 5.32 Å². The Hall–Kier alpha value is -0.900. The van der Waals surface area contributed by atoms with Crippen LogP contribution in [0.3, 0.4) is 0 Å². The molecule has 0 heterocycles. The standard InChI is InChI=1S/C48H95NO3/c1-3-5-7-9-11-13-15-16-18-22-25-29-33-37-41-46(45-50)49-48(52)44-40-36-32-28-24-20-17-19-23-27-31-35-39-43-47(51)42-38-34-30-26-21-14-12-10-8-6-4-2/h46,50H,3-45H2,1-2H3,(H,49,52)/t46-/m0/s1. The van der Waals surface area contributed by atoms with Gasteiger partial charge in [-0.05, 0) is 25.7 Å². The summed E-state index contributed by atoms with van der Waals surface area (Å²) in [5, 5.41) is 12.8. The number of aliphatic hydroxyl groups is 1. The highest BCUT2D eigenvalue weighted by molar-refractivity contribution is 5.78. The van der Waals surface area contributed by atoms with E-state index in [0.717, 1.165) is 51.4 Å². The van der Waals surface area contributed by atoms with Gasteiger partial charge in [0, 0.05) is 19.3 Å². The van der Waals surface area contributed by atoms with Gasteiger partial charge < -0.3 is 10.4 Å². The summed E-state index contributed by atoms with van der Waals surface area (Å²) < 4.78 is 0. The second kappa shape index (κ2) is 44.5. The molecule has 0 radical (unpaired) electrons. The van der Waals surface area contributed by atoms with E-state index in [1.165, 1.54) is 212 Å². The molecule has 0 aliphatic heterocycles. The van der Waals surface area contributed by atoms with Gasteiger partial charge in [0.05, 0.1) is 12.6 Å². The van der Waals surface area contributed by atoms with Gasteiger partial charge in [-0.15, -0.1) is 0 Å². The number of carbonyl (C=O) groups excluding carboxylic acids is 2. The molecular weight excluding hydrogens is 639 g/mol. The number of ketones is 1. The van der Waals surface area contributed by atoms with E-state index < -0.39 is 0 Å². The molecule has 2 N–H and O–H groups in total. The summed E-state index contributed by atoms with van der Waals surface area (Å²) in [4.78, 5) is 24.6. The van der Waals surface area contributed by atoms with Crippen molar-refractivity contribution in [3.63, 3.8) is 0 Å². The zero-order chi connectivity index (χ0) is 37.8. The lowest BCUT2D eigenvalue weighted by Crippen LogP contribution is -2.37. The second-order valence-electron chi connectivity index (χ2n) is 16.8. The van der Waals surface area contributed by atoms with Crippen molar-refractivity contribution in [3.05, 3.63) is 0 Å². The maximum Gasteiger partial charge on any atom is 0.220 e. The number of carbonyl (C=O) groups is 2. The largest absolute Gasteiger partial charge is 0.394 e. The Morgan fingerprint density at radius 1 is 0.365 bits per heavy atom. The number of rotatable bonds is 45. The molecule has 4 heteroatoms. The Labute approximate surface area is 327 Å². The van der Waals surface area contributed by atoms with Crippen LogP contribution in [0.4, 0.5) is 0 Å². The van der Waals surface area contributed by atoms with Crippen LogP contribution in [0.1, 0.15) is 284 Å². The van der Waals surface area contributed by atoms with Gasteiger partial charge in [-0.3, -0.25) is 9.59 Å². The van der Waals surface area contributed by atoms with E-state index in [1.807, 2.05) is 0 Å². The van der Waals surface area contributed by atoms with Crippen LogP contribution in [0.5, 0.6) is 0 Å². The van der Waals surface area contributed by atoms with Crippen LogP contribution in [0, 0.1) is 0 Å². The molecule has 0 rings (SSSR count). The van der Waals surface area contributed by atoms with E-state index in [2.05, 4.69) is 19.2 Å². The third-order valence-electron chi connectivity index (χ3n) is 11.4. The minimum absolute atomic E-state index is 0.0602. The van der Waals surface area contributed by atoms with Crippen LogP contribution < -0.4 is 5.32 Å². The molecule has 0 aromatic heterocycles. The van der Waals surface area contributed by atoms with Gasteiger partial charge in [0.2, 0.25) is 5.91 Å². The van der Waals surface area contributed by atoms with E-state index in [0.29, 0.717) is 12.2 Å². The molecule has 0 aliphatic carbocycles. The molecule has 1 atom stereocenters. The number of nitrogens with one attached hydrogen (secondary N) is 1. The van der Waals surface area contributed by atoms with Gasteiger partial charge in [-0.25, -0.2) is 0 Å². The second-order valence-corrected chi connectivity index (χ2v) is 16.8. The Morgan fingerprint density at radius 2 is 0.615 bits per heavy atom. The monoisotopic (exact) mass is 734 g/mol. The average molecular weight is 734 g/mol. The zero-order valence-corrected chi connectivity index (χ0v) is 35.7. The summed E-state index contributed by atoms with van der Waals surface area (Å²) in [5.41, 5.74) is 0. The summed E-state index contributed by atoms with van der Waals surface area (Å²) in [6.07, 6.45) is 53.1. The molecule has 4 nitrogen and oxygen atoms in total. The molecule has 0 saturated heterocycles. The molecule has 0 spiro atoms. The van der Waals surface area contributed by atoms with Crippen LogP contribution in [0.15, 0.2) is 0 Å². The maximum atomic E-state index is 12.4. The maximum absolute atomic E-state index is 12.4. The third kappa shape index (κ3) is 41.9. The van der Waals surface area contributed by atoms with Gasteiger partial charge in [-0.2, -0.15) is 0 Å². The number of Topliss-reactive ketones (excluding diaryl/α,β-unsaturated/α-hetero) is 1. The highest BCUT2D eigenvalue weighted by atomic mass is 16.3. The fraction of sp³-hybridized carbons (Fsp3) is 0.958. The number of amides is 1. The first-order valence-corrected chi connectivity index (χ1v) is 24.1. The lowest BCUT2D eigenvalue weighted by Gasteiger charge is -2.16. The molecular formula is C48H95NO3. The Morgan fingerprint density at radius 3 is 0.904 bits per heavy atom. The fourth-order valence-electron chi connectivity index (χ4n) is 7.76. The van der Waals surface area contributed by atoms with Crippen molar-refractivity contribution in [2.24, 2.45) is 0 Å². The molecule has 0 fully saturated rings. The van der Waals surface area contributed by atoms with Gasteiger partial charge in [0.25, 0.3) is 0 Å². The highest BCUT2D eigenvalue weighted by Crippen LogP contribution is 2.17. The van der Waals surface area contributed by atoms with Crippen LogP contribution >= 0.6 is 0 Å². The number of aliphatic hydroxyl groups excluding tert-OH is 1. The topological polar surface area (TPSA) is 66.4 Å². The first-order valence-electron chi connectivity index (χ1n) is 24.1. The molecule has 0 bridgehead atoms. The van der Waals surface area contributed by atoms with Crippen molar-refractivity contribution < 1.29 is 14.7 Å².